The highest BCUT2D eigenvalue weighted by atomic mass is 35.5. The summed E-state index contributed by atoms with van der Waals surface area (Å²) >= 11 is 12.1. The molecule has 17 heavy (non-hydrogen) atoms. The molecule has 3 nitrogen and oxygen atoms in total. The maximum absolute atomic E-state index is 6.10. The van der Waals surface area contributed by atoms with Crippen LogP contribution in [0.25, 0.3) is 0 Å². The van der Waals surface area contributed by atoms with Gasteiger partial charge in [0.25, 0.3) is 0 Å². The van der Waals surface area contributed by atoms with Crippen molar-refractivity contribution in [3.63, 3.8) is 0 Å². The van der Waals surface area contributed by atoms with Gasteiger partial charge in [-0.15, -0.1) is 0 Å². The highest BCUT2D eigenvalue weighted by Gasteiger charge is 2.14. The molecule has 0 aliphatic carbocycles. The van der Waals surface area contributed by atoms with Crippen LogP contribution in [0.4, 0.5) is 5.69 Å². The summed E-state index contributed by atoms with van der Waals surface area (Å²) in [5, 5.41) is 4.40. The third kappa shape index (κ3) is 2.85. The minimum atomic E-state index is 0.566. The number of hydrogen-bond acceptors (Lipinski definition) is 3. The van der Waals surface area contributed by atoms with Crippen LogP contribution in [-0.4, -0.2) is 36.9 Å². The standard InChI is InChI=1S/C12H15Cl2N3/c1-2-17-7-6-15-11(17)8-16-10-5-3-4-9(13)12(10)14/h3-5,16H,2,6-8H2,1H3. The predicted octanol–water partition coefficient (Wildman–Crippen LogP) is 3.14. The molecule has 1 aromatic carbocycles. The summed E-state index contributed by atoms with van der Waals surface area (Å²) in [6.45, 7) is 5.70. The Balaban J connectivity index is 2.00. The van der Waals surface area contributed by atoms with E-state index in [9.17, 15) is 0 Å². The van der Waals surface area contributed by atoms with E-state index in [0.717, 1.165) is 31.2 Å². The molecule has 0 amide bonds. The molecule has 0 unspecified atom stereocenters. The number of likely N-dealkylation sites (N-methyl/N-ethyl adjacent to an activating group) is 1. The Morgan fingerprint density at radius 3 is 3.00 bits per heavy atom. The Morgan fingerprint density at radius 2 is 2.24 bits per heavy atom. The molecular formula is C12H15Cl2N3. The molecule has 0 spiro atoms. The third-order valence-electron chi connectivity index (χ3n) is 2.80. The van der Waals surface area contributed by atoms with Crippen LogP contribution in [0.15, 0.2) is 23.2 Å². The second kappa shape index (κ2) is 5.61. The van der Waals surface area contributed by atoms with Gasteiger partial charge in [0, 0.05) is 13.1 Å². The molecule has 5 heteroatoms. The number of nitrogens with zero attached hydrogens (tertiary/aromatic N) is 2. The highest BCUT2D eigenvalue weighted by Crippen LogP contribution is 2.29. The van der Waals surface area contributed by atoms with Gasteiger partial charge < -0.3 is 10.2 Å². The topological polar surface area (TPSA) is 27.6 Å². The number of anilines is 1. The van der Waals surface area contributed by atoms with Crippen LogP contribution in [0.5, 0.6) is 0 Å². The third-order valence-corrected chi connectivity index (χ3v) is 3.62. The summed E-state index contributed by atoms with van der Waals surface area (Å²) in [5.41, 5.74) is 0.852. The van der Waals surface area contributed by atoms with Crippen molar-refractivity contribution in [2.24, 2.45) is 4.99 Å². The molecule has 1 aliphatic rings. The van der Waals surface area contributed by atoms with E-state index in [0.29, 0.717) is 16.6 Å². The first kappa shape index (κ1) is 12.5. The fourth-order valence-corrected chi connectivity index (χ4v) is 2.22. The maximum Gasteiger partial charge on any atom is 0.118 e. The number of amidine groups is 1. The molecule has 2 rings (SSSR count). The number of hydrogen-bond donors (Lipinski definition) is 1. The van der Waals surface area contributed by atoms with Crippen LogP contribution in [0.2, 0.25) is 10.0 Å². The quantitative estimate of drug-likeness (QED) is 0.911. The molecule has 0 aromatic heterocycles. The molecule has 0 fully saturated rings. The molecule has 0 bridgehead atoms. The maximum atomic E-state index is 6.10. The summed E-state index contributed by atoms with van der Waals surface area (Å²) in [5.74, 6) is 1.09. The van der Waals surface area contributed by atoms with E-state index in [1.165, 1.54) is 0 Å². The zero-order valence-electron chi connectivity index (χ0n) is 9.71. The SMILES string of the molecule is CCN1CCN=C1CNc1cccc(Cl)c1Cl. The summed E-state index contributed by atoms with van der Waals surface area (Å²) in [4.78, 5) is 6.71. The van der Waals surface area contributed by atoms with Crippen LogP contribution in [0, 0.1) is 0 Å². The van der Waals surface area contributed by atoms with Gasteiger partial charge in [-0.05, 0) is 19.1 Å². The van der Waals surface area contributed by atoms with Gasteiger partial charge in [0.1, 0.15) is 5.84 Å². The summed E-state index contributed by atoms with van der Waals surface area (Å²) < 4.78 is 0. The van der Waals surface area contributed by atoms with Crippen LogP contribution in [0.3, 0.4) is 0 Å². The molecule has 92 valence electrons. The average molecular weight is 272 g/mol. The van der Waals surface area contributed by atoms with E-state index >= 15 is 0 Å². The number of nitrogens with one attached hydrogen (secondary N) is 1. The van der Waals surface area contributed by atoms with Crippen LogP contribution >= 0.6 is 23.2 Å². The van der Waals surface area contributed by atoms with E-state index in [-0.39, 0.29) is 0 Å². The second-order valence-corrected chi connectivity index (χ2v) is 4.62. The van der Waals surface area contributed by atoms with Gasteiger partial charge >= 0.3 is 0 Å². The van der Waals surface area contributed by atoms with Gasteiger partial charge in [-0.1, -0.05) is 29.3 Å². The van der Waals surface area contributed by atoms with Gasteiger partial charge in [0.2, 0.25) is 0 Å². The number of halogens is 2. The van der Waals surface area contributed by atoms with Gasteiger partial charge in [0.15, 0.2) is 0 Å². The predicted molar refractivity (Wildman–Crippen MR) is 74.5 cm³/mol. The molecule has 1 heterocycles. The van der Waals surface area contributed by atoms with Crippen LogP contribution in [0.1, 0.15) is 6.92 Å². The smallest absolute Gasteiger partial charge is 0.118 e. The minimum absolute atomic E-state index is 0.566. The van der Waals surface area contributed by atoms with Gasteiger partial charge in [-0.25, -0.2) is 0 Å². The van der Waals surface area contributed by atoms with E-state index in [1.807, 2.05) is 12.1 Å². The Morgan fingerprint density at radius 1 is 1.41 bits per heavy atom. The zero-order chi connectivity index (χ0) is 12.3. The zero-order valence-corrected chi connectivity index (χ0v) is 11.2. The molecule has 0 radical (unpaired) electrons. The Bertz CT molecular complexity index is 432. The lowest BCUT2D eigenvalue weighted by molar-refractivity contribution is 0.479. The lowest BCUT2D eigenvalue weighted by Gasteiger charge is -2.19. The van der Waals surface area contributed by atoms with Crippen molar-refractivity contribution in [1.29, 1.82) is 0 Å². The lowest BCUT2D eigenvalue weighted by atomic mass is 10.3. The number of aliphatic imine (C=N–C) groups is 1. The first-order valence-corrected chi connectivity index (χ1v) is 6.44. The van der Waals surface area contributed by atoms with Crippen molar-refractivity contribution in [2.45, 2.75) is 6.92 Å². The van der Waals surface area contributed by atoms with Gasteiger partial charge in [-0.3, -0.25) is 4.99 Å². The summed E-state index contributed by atoms with van der Waals surface area (Å²) in [6, 6.07) is 5.57. The summed E-state index contributed by atoms with van der Waals surface area (Å²) in [6.07, 6.45) is 0. The Labute approximate surface area is 111 Å². The first-order valence-electron chi connectivity index (χ1n) is 5.68. The normalized spacial score (nSPS) is 15.0. The fraction of sp³-hybridized carbons (Fsp3) is 0.417. The number of rotatable bonds is 4. The average Bonchev–Trinajstić information content (AvgIpc) is 2.78. The molecule has 0 saturated heterocycles. The second-order valence-electron chi connectivity index (χ2n) is 3.83. The molecule has 1 N–H and O–H groups in total. The fourth-order valence-electron chi connectivity index (χ4n) is 1.85. The largest absolute Gasteiger partial charge is 0.377 e. The summed E-state index contributed by atoms with van der Waals surface area (Å²) in [7, 11) is 0. The van der Waals surface area contributed by atoms with E-state index in [4.69, 9.17) is 23.2 Å². The Hall–Kier alpha value is -0.930. The van der Waals surface area contributed by atoms with Crippen molar-refractivity contribution in [2.75, 3.05) is 31.5 Å². The monoisotopic (exact) mass is 271 g/mol. The lowest BCUT2D eigenvalue weighted by Crippen LogP contribution is -2.32. The minimum Gasteiger partial charge on any atom is -0.377 e. The molecule has 1 aliphatic heterocycles. The van der Waals surface area contributed by atoms with Crippen LogP contribution < -0.4 is 5.32 Å². The van der Waals surface area contributed by atoms with Gasteiger partial charge in [0.05, 0.1) is 28.8 Å². The molecular weight excluding hydrogens is 257 g/mol. The highest BCUT2D eigenvalue weighted by molar-refractivity contribution is 6.43. The molecule has 0 saturated carbocycles. The molecule has 0 atom stereocenters. The number of benzene rings is 1. The first-order chi connectivity index (χ1) is 8.22. The van der Waals surface area contributed by atoms with Crippen molar-refractivity contribution < 1.29 is 0 Å². The Kier molecular flexibility index (Phi) is 4.13. The van der Waals surface area contributed by atoms with Gasteiger partial charge in [-0.2, -0.15) is 0 Å². The van der Waals surface area contributed by atoms with Crippen molar-refractivity contribution in [3.8, 4) is 0 Å². The molecule has 1 aromatic rings. The van der Waals surface area contributed by atoms with Crippen molar-refractivity contribution >= 4 is 34.7 Å². The van der Waals surface area contributed by atoms with Crippen molar-refractivity contribution in [3.05, 3.63) is 28.2 Å². The van der Waals surface area contributed by atoms with Crippen LogP contribution in [-0.2, 0) is 0 Å². The van der Waals surface area contributed by atoms with E-state index < -0.39 is 0 Å². The van der Waals surface area contributed by atoms with E-state index in [2.05, 4.69) is 22.1 Å². The van der Waals surface area contributed by atoms with Crippen molar-refractivity contribution in [1.82, 2.24) is 4.90 Å². The van der Waals surface area contributed by atoms with E-state index in [1.54, 1.807) is 6.07 Å².